The van der Waals surface area contributed by atoms with Crippen LogP contribution in [0.5, 0.6) is 11.5 Å². The minimum absolute atomic E-state index is 0.310. The third-order valence-electron chi connectivity index (χ3n) is 4.22. The van der Waals surface area contributed by atoms with Gasteiger partial charge in [0.1, 0.15) is 22.9 Å². The van der Waals surface area contributed by atoms with Gasteiger partial charge in [0.15, 0.2) is 5.65 Å². The Morgan fingerprint density at radius 3 is 2.50 bits per heavy atom. The molecular formula is C20H18N4O3S. The van der Waals surface area contributed by atoms with Gasteiger partial charge in [-0.1, -0.05) is 6.07 Å². The summed E-state index contributed by atoms with van der Waals surface area (Å²) in [5.41, 5.74) is 3.15. The molecule has 1 aromatic carbocycles. The highest BCUT2D eigenvalue weighted by Gasteiger charge is 2.15. The molecule has 0 saturated heterocycles. The van der Waals surface area contributed by atoms with Crippen LogP contribution in [0.15, 0.2) is 47.8 Å². The van der Waals surface area contributed by atoms with Gasteiger partial charge in [0, 0.05) is 35.6 Å². The number of amides is 1. The van der Waals surface area contributed by atoms with Gasteiger partial charge in [-0.15, -0.1) is 11.3 Å². The number of fused-ring (bicyclic) bond motifs is 1. The predicted molar refractivity (Wildman–Crippen MR) is 109 cm³/mol. The van der Waals surface area contributed by atoms with Gasteiger partial charge in [0.2, 0.25) is 0 Å². The Morgan fingerprint density at radius 1 is 1.11 bits per heavy atom. The van der Waals surface area contributed by atoms with E-state index in [1.165, 1.54) is 0 Å². The highest BCUT2D eigenvalue weighted by atomic mass is 32.1. The largest absolute Gasteiger partial charge is 0.497 e. The number of methoxy groups -OCH3 is 2. The zero-order valence-corrected chi connectivity index (χ0v) is 16.4. The molecule has 8 heteroatoms. The Morgan fingerprint density at radius 2 is 1.86 bits per heavy atom. The molecular weight excluding hydrogens is 376 g/mol. The van der Waals surface area contributed by atoms with Crippen molar-refractivity contribution in [2.45, 2.75) is 6.92 Å². The molecule has 0 spiro atoms. The van der Waals surface area contributed by atoms with Crippen LogP contribution >= 0.6 is 11.3 Å². The first-order valence-corrected chi connectivity index (χ1v) is 9.41. The number of benzene rings is 1. The molecule has 3 aromatic heterocycles. The Balaban J connectivity index is 1.66. The number of carbonyl (C=O) groups excluding carboxylic acids is 1. The minimum Gasteiger partial charge on any atom is -0.497 e. The lowest BCUT2D eigenvalue weighted by Gasteiger charge is -2.10. The minimum atomic E-state index is -0.320. The van der Waals surface area contributed by atoms with Crippen LogP contribution in [0.25, 0.3) is 16.2 Å². The van der Waals surface area contributed by atoms with Crippen LogP contribution in [0.1, 0.15) is 16.2 Å². The van der Waals surface area contributed by atoms with E-state index in [1.54, 1.807) is 54.3 Å². The van der Waals surface area contributed by atoms with Crippen molar-refractivity contribution in [3.63, 3.8) is 0 Å². The van der Waals surface area contributed by atoms with Gasteiger partial charge in [-0.25, -0.2) is 9.50 Å². The zero-order chi connectivity index (χ0) is 19.7. The summed E-state index contributed by atoms with van der Waals surface area (Å²) in [6.07, 6.45) is 0. The number of hydrogen-bond donors (Lipinski definition) is 1. The van der Waals surface area contributed by atoms with E-state index < -0.39 is 0 Å². The van der Waals surface area contributed by atoms with Gasteiger partial charge >= 0.3 is 0 Å². The number of aryl methyl sites for hydroxylation is 1. The maximum absolute atomic E-state index is 12.8. The van der Waals surface area contributed by atoms with Gasteiger partial charge in [0.05, 0.1) is 19.1 Å². The van der Waals surface area contributed by atoms with Crippen molar-refractivity contribution in [3.8, 4) is 22.1 Å². The zero-order valence-electron chi connectivity index (χ0n) is 15.6. The smallest absolute Gasteiger partial charge is 0.274 e. The number of hydrogen-bond acceptors (Lipinski definition) is 6. The first-order chi connectivity index (χ1) is 13.6. The average Bonchev–Trinajstić information content (AvgIpc) is 3.37. The highest BCUT2D eigenvalue weighted by Crippen LogP contribution is 2.27. The summed E-state index contributed by atoms with van der Waals surface area (Å²) in [6, 6.07) is 12.8. The first kappa shape index (κ1) is 18.0. The van der Waals surface area contributed by atoms with E-state index in [0.29, 0.717) is 28.5 Å². The summed E-state index contributed by atoms with van der Waals surface area (Å²) in [5, 5.41) is 9.43. The fourth-order valence-corrected chi connectivity index (χ4v) is 3.54. The monoisotopic (exact) mass is 394 g/mol. The van der Waals surface area contributed by atoms with Crippen LogP contribution in [0, 0.1) is 6.92 Å². The Kier molecular flexibility index (Phi) is 4.70. The number of nitrogens with one attached hydrogen (secondary N) is 1. The van der Waals surface area contributed by atoms with Crippen molar-refractivity contribution in [1.29, 1.82) is 0 Å². The lowest BCUT2D eigenvalue weighted by atomic mass is 10.2. The Bertz CT molecular complexity index is 1130. The number of ether oxygens (including phenoxy) is 2. The molecule has 4 rings (SSSR count). The number of aromatic nitrogens is 3. The third-order valence-corrected chi connectivity index (χ3v) is 5.11. The van der Waals surface area contributed by atoms with Crippen molar-refractivity contribution in [2.24, 2.45) is 0 Å². The second-order valence-electron chi connectivity index (χ2n) is 6.12. The number of nitrogens with zero attached hydrogens (tertiary/aromatic N) is 3. The fraction of sp³-hybridized carbons (Fsp3) is 0.150. The standard InChI is InChI=1S/C20H18N4O3S/c1-12-7-17(20(25)21-13-8-14(26-2)10-15(9-13)27-3)22-19-11-16(23-24(12)19)18-5-4-6-28-18/h4-11H,1-3H3,(H,21,25). The number of rotatable bonds is 5. The number of carbonyl (C=O) groups is 1. The molecule has 1 amide bonds. The van der Waals surface area contributed by atoms with Crippen LogP contribution in [0.4, 0.5) is 5.69 Å². The summed E-state index contributed by atoms with van der Waals surface area (Å²) in [6.45, 7) is 1.89. The van der Waals surface area contributed by atoms with Crippen LogP contribution in [0.2, 0.25) is 0 Å². The normalized spacial score (nSPS) is 10.8. The molecule has 0 fully saturated rings. The van der Waals surface area contributed by atoms with E-state index in [2.05, 4.69) is 15.4 Å². The summed E-state index contributed by atoms with van der Waals surface area (Å²) in [7, 11) is 3.12. The van der Waals surface area contributed by atoms with Gasteiger partial charge in [-0.05, 0) is 24.4 Å². The topological polar surface area (TPSA) is 77.8 Å². The fourth-order valence-electron chi connectivity index (χ4n) is 2.86. The average molecular weight is 394 g/mol. The van der Waals surface area contributed by atoms with Crippen molar-refractivity contribution >= 4 is 28.6 Å². The molecule has 142 valence electrons. The van der Waals surface area contributed by atoms with Crippen molar-refractivity contribution in [1.82, 2.24) is 14.6 Å². The van der Waals surface area contributed by atoms with E-state index in [4.69, 9.17) is 9.47 Å². The van der Waals surface area contributed by atoms with E-state index in [9.17, 15) is 4.79 Å². The summed E-state index contributed by atoms with van der Waals surface area (Å²) < 4.78 is 12.2. The van der Waals surface area contributed by atoms with Crippen molar-refractivity contribution in [2.75, 3.05) is 19.5 Å². The molecule has 0 aliphatic rings. The summed E-state index contributed by atoms with van der Waals surface area (Å²) in [5.74, 6) is 0.857. The van der Waals surface area contributed by atoms with Gasteiger partial charge < -0.3 is 14.8 Å². The second kappa shape index (κ2) is 7.32. The highest BCUT2D eigenvalue weighted by molar-refractivity contribution is 7.13. The van der Waals surface area contributed by atoms with Crippen LogP contribution in [0.3, 0.4) is 0 Å². The van der Waals surface area contributed by atoms with E-state index in [-0.39, 0.29) is 5.91 Å². The lowest BCUT2D eigenvalue weighted by molar-refractivity contribution is 0.102. The maximum atomic E-state index is 12.8. The second-order valence-corrected chi connectivity index (χ2v) is 7.06. The third kappa shape index (κ3) is 3.41. The lowest BCUT2D eigenvalue weighted by Crippen LogP contribution is -2.15. The van der Waals surface area contributed by atoms with E-state index in [1.807, 2.05) is 30.5 Å². The molecule has 0 atom stereocenters. The summed E-state index contributed by atoms with van der Waals surface area (Å²) >= 11 is 1.61. The van der Waals surface area contributed by atoms with Gasteiger partial charge in [-0.3, -0.25) is 4.79 Å². The predicted octanol–water partition coefficient (Wildman–Crippen LogP) is 4.04. The molecule has 1 N–H and O–H groups in total. The molecule has 4 aromatic rings. The molecule has 7 nitrogen and oxygen atoms in total. The number of anilines is 1. The SMILES string of the molecule is COc1cc(NC(=O)c2cc(C)n3nc(-c4cccs4)cc3n2)cc(OC)c1. The van der Waals surface area contributed by atoms with Crippen molar-refractivity contribution < 1.29 is 14.3 Å². The van der Waals surface area contributed by atoms with Crippen LogP contribution in [-0.2, 0) is 0 Å². The molecule has 28 heavy (non-hydrogen) atoms. The van der Waals surface area contributed by atoms with Crippen molar-refractivity contribution in [3.05, 3.63) is 59.2 Å². The number of thiophene rings is 1. The van der Waals surface area contributed by atoms with Crippen LogP contribution in [-0.4, -0.2) is 34.7 Å². The molecule has 0 radical (unpaired) electrons. The Hall–Kier alpha value is -3.39. The first-order valence-electron chi connectivity index (χ1n) is 8.53. The molecule has 3 heterocycles. The van der Waals surface area contributed by atoms with Gasteiger partial charge in [-0.2, -0.15) is 5.10 Å². The molecule has 0 unspecified atom stereocenters. The van der Waals surface area contributed by atoms with Crippen LogP contribution < -0.4 is 14.8 Å². The molecule has 0 saturated carbocycles. The van der Waals surface area contributed by atoms with E-state index in [0.717, 1.165) is 16.3 Å². The molecule has 0 aliphatic heterocycles. The summed E-state index contributed by atoms with van der Waals surface area (Å²) in [4.78, 5) is 18.3. The van der Waals surface area contributed by atoms with Gasteiger partial charge in [0.25, 0.3) is 5.91 Å². The quantitative estimate of drug-likeness (QED) is 0.553. The molecule has 0 bridgehead atoms. The molecule has 0 aliphatic carbocycles. The van der Waals surface area contributed by atoms with E-state index >= 15 is 0 Å². The Labute approximate surface area is 165 Å². The maximum Gasteiger partial charge on any atom is 0.274 e.